The molecule has 7 nitrogen and oxygen atoms in total. The molecule has 0 N–H and O–H groups in total. The van der Waals surface area contributed by atoms with E-state index in [2.05, 4.69) is 11.0 Å². The molecule has 0 aliphatic carbocycles. The summed E-state index contributed by atoms with van der Waals surface area (Å²) in [7, 11) is 0. The third-order valence-electron chi connectivity index (χ3n) is 5.53. The van der Waals surface area contributed by atoms with Crippen LogP contribution in [-0.2, 0) is 31.9 Å². The van der Waals surface area contributed by atoms with Crippen LogP contribution in [0.4, 0.5) is 5.69 Å². The molecule has 0 unspecified atom stereocenters. The number of aryl methyl sites for hydroxylation is 2. The zero-order valence-corrected chi connectivity index (χ0v) is 17.3. The third-order valence-corrected chi connectivity index (χ3v) is 5.53. The first-order valence-electron chi connectivity index (χ1n) is 10.5. The molecule has 0 amide bonds. The van der Waals surface area contributed by atoms with Gasteiger partial charge in [-0.05, 0) is 63.3 Å². The highest BCUT2D eigenvalue weighted by atomic mass is 16.6. The number of esters is 2. The standard InChI is InChI=1S/C23H25NO6/c1-3-28-22(26)18(23(27)29-4-2)13-16-12-15-11-14-7-5-9-24-10-6-8-17(19(14)24)20(15)30-21(16)25/h11-13H,3-10H2,1-2H3. The van der Waals surface area contributed by atoms with E-state index in [1.54, 1.807) is 19.9 Å². The molecule has 0 saturated heterocycles. The maximum atomic E-state index is 12.7. The van der Waals surface area contributed by atoms with Crippen molar-refractivity contribution in [1.82, 2.24) is 0 Å². The fourth-order valence-corrected chi connectivity index (χ4v) is 4.34. The molecule has 0 saturated carbocycles. The van der Waals surface area contributed by atoms with Crippen molar-refractivity contribution >= 4 is 34.7 Å². The van der Waals surface area contributed by atoms with Gasteiger partial charge < -0.3 is 18.8 Å². The van der Waals surface area contributed by atoms with E-state index in [1.165, 1.54) is 17.3 Å². The number of carbonyl (C=O) groups is 2. The van der Waals surface area contributed by atoms with Crippen LogP contribution < -0.4 is 10.5 Å². The van der Waals surface area contributed by atoms with E-state index in [4.69, 9.17) is 13.9 Å². The Hall–Kier alpha value is -3.09. The molecule has 1 aromatic carbocycles. The van der Waals surface area contributed by atoms with Gasteiger partial charge in [0.15, 0.2) is 0 Å². The van der Waals surface area contributed by atoms with Crippen LogP contribution in [0.1, 0.15) is 43.4 Å². The first kappa shape index (κ1) is 20.2. The molecular weight excluding hydrogens is 386 g/mol. The molecule has 158 valence electrons. The first-order chi connectivity index (χ1) is 14.5. The summed E-state index contributed by atoms with van der Waals surface area (Å²) < 4.78 is 15.6. The molecule has 1 aromatic heterocycles. The Labute approximate surface area is 174 Å². The molecule has 0 fully saturated rings. The van der Waals surface area contributed by atoms with E-state index in [9.17, 15) is 14.4 Å². The summed E-state index contributed by atoms with van der Waals surface area (Å²) in [5.41, 5.74) is 3.34. The minimum atomic E-state index is -0.827. The third kappa shape index (κ3) is 3.60. The summed E-state index contributed by atoms with van der Waals surface area (Å²) in [6.45, 7) is 5.55. The number of fused-ring (bicyclic) bond motifs is 2. The summed E-state index contributed by atoms with van der Waals surface area (Å²) in [6, 6.07) is 3.74. The average molecular weight is 411 g/mol. The predicted octanol–water partition coefficient (Wildman–Crippen LogP) is 3.00. The van der Waals surface area contributed by atoms with Gasteiger partial charge in [0.1, 0.15) is 11.2 Å². The zero-order valence-electron chi connectivity index (χ0n) is 17.3. The second-order valence-corrected chi connectivity index (χ2v) is 7.46. The van der Waals surface area contributed by atoms with Gasteiger partial charge >= 0.3 is 17.6 Å². The van der Waals surface area contributed by atoms with Crippen LogP contribution in [0, 0.1) is 0 Å². The van der Waals surface area contributed by atoms with Crippen LogP contribution in [0.25, 0.3) is 17.0 Å². The van der Waals surface area contributed by atoms with Crippen LogP contribution in [0.5, 0.6) is 0 Å². The minimum Gasteiger partial charge on any atom is -0.462 e. The van der Waals surface area contributed by atoms with Gasteiger partial charge in [0, 0.05) is 29.7 Å². The Balaban J connectivity index is 1.85. The Bertz CT molecular complexity index is 1080. The van der Waals surface area contributed by atoms with Gasteiger partial charge in [-0.15, -0.1) is 0 Å². The normalized spacial score (nSPS) is 14.8. The van der Waals surface area contributed by atoms with Crippen molar-refractivity contribution in [3.05, 3.63) is 44.8 Å². The van der Waals surface area contributed by atoms with E-state index in [-0.39, 0.29) is 24.4 Å². The highest BCUT2D eigenvalue weighted by molar-refractivity contribution is 6.17. The summed E-state index contributed by atoms with van der Waals surface area (Å²) in [6.07, 6.45) is 5.17. The Morgan fingerprint density at radius 3 is 2.40 bits per heavy atom. The number of nitrogens with zero attached hydrogens (tertiary/aromatic N) is 1. The van der Waals surface area contributed by atoms with Gasteiger partial charge in [-0.25, -0.2) is 14.4 Å². The lowest BCUT2D eigenvalue weighted by atomic mass is 9.90. The second-order valence-electron chi connectivity index (χ2n) is 7.46. The molecule has 0 bridgehead atoms. The number of rotatable bonds is 5. The van der Waals surface area contributed by atoms with E-state index in [1.807, 2.05) is 0 Å². The number of hydrogen-bond donors (Lipinski definition) is 0. The number of benzene rings is 1. The van der Waals surface area contributed by atoms with Crippen molar-refractivity contribution in [2.45, 2.75) is 39.5 Å². The van der Waals surface area contributed by atoms with Crippen LogP contribution in [0.15, 0.2) is 26.9 Å². The highest BCUT2D eigenvalue weighted by Crippen LogP contribution is 2.39. The molecule has 2 aliphatic heterocycles. The van der Waals surface area contributed by atoms with Gasteiger partial charge in [-0.3, -0.25) is 0 Å². The largest absolute Gasteiger partial charge is 0.462 e. The maximum absolute atomic E-state index is 12.7. The lowest BCUT2D eigenvalue weighted by molar-refractivity contribution is -0.146. The van der Waals surface area contributed by atoms with Crippen LogP contribution in [-0.4, -0.2) is 38.2 Å². The topological polar surface area (TPSA) is 86.0 Å². The van der Waals surface area contributed by atoms with Crippen molar-refractivity contribution in [2.75, 3.05) is 31.2 Å². The highest BCUT2D eigenvalue weighted by Gasteiger charge is 2.27. The van der Waals surface area contributed by atoms with E-state index < -0.39 is 17.6 Å². The lowest BCUT2D eigenvalue weighted by Gasteiger charge is -2.37. The van der Waals surface area contributed by atoms with Crippen molar-refractivity contribution < 1.29 is 23.5 Å². The van der Waals surface area contributed by atoms with Gasteiger partial charge in [-0.1, -0.05) is 0 Å². The van der Waals surface area contributed by atoms with Crippen molar-refractivity contribution in [3.63, 3.8) is 0 Å². The van der Waals surface area contributed by atoms with Crippen molar-refractivity contribution in [1.29, 1.82) is 0 Å². The summed E-state index contributed by atoms with van der Waals surface area (Å²) >= 11 is 0. The Morgan fingerprint density at radius 1 is 1.07 bits per heavy atom. The lowest BCUT2D eigenvalue weighted by Crippen LogP contribution is -2.34. The molecule has 7 heteroatoms. The van der Waals surface area contributed by atoms with Gasteiger partial charge in [0.05, 0.1) is 18.8 Å². The van der Waals surface area contributed by atoms with Crippen molar-refractivity contribution in [2.24, 2.45) is 0 Å². The van der Waals surface area contributed by atoms with Gasteiger partial charge in [0.25, 0.3) is 0 Å². The molecule has 2 aliphatic rings. The fraction of sp³-hybridized carbons (Fsp3) is 0.435. The summed E-state index contributed by atoms with van der Waals surface area (Å²) in [4.78, 5) is 39.6. The first-order valence-corrected chi connectivity index (χ1v) is 10.5. The number of ether oxygens (including phenoxy) is 2. The molecule has 2 aromatic rings. The van der Waals surface area contributed by atoms with E-state index in [0.29, 0.717) is 5.58 Å². The molecule has 3 heterocycles. The molecule has 0 spiro atoms. The monoisotopic (exact) mass is 411 g/mol. The average Bonchev–Trinajstić information content (AvgIpc) is 2.73. The van der Waals surface area contributed by atoms with E-state index >= 15 is 0 Å². The number of hydrogen-bond acceptors (Lipinski definition) is 7. The molecule has 0 atom stereocenters. The molecule has 0 radical (unpaired) electrons. The minimum absolute atomic E-state index is 0.105. The zero-order chi connectivity index (χ0) is 21.3. The Morgan fingerprint density at radius 2 is 1.73 bits per heavy atom. The smallest absolute Gasteiger partial charge is 0.345 e. The second kappa shape index (κ2) is 8.34. The molecule has 4 rings (SSSR count). The number of anilines is 1. The Kier molecular flexibility index (Phi) is 5.61. The van der Waals surface area contributed by atoms with Gasteiger partial charge in [0.2, 0.25) is 0 Å². The summed E-state index contributed by atoms with van der Waals surface area (Å²) in [5.74, 6) is -1.65. The maximum Gasteiger partial charge on any atom is 0.345 e. The van der Waals surface area contributed by atoms with Crippen LogP contribution in [0.3, 0.4) is 0 Å². The van der Waals surface area contributed by atoms with Crippen LogP contribution >= 0.6 is 0 Å². The number of carbonyl (C=O) groups excluding carboxylic acids is 2. The fourth-order valence-electron chi connectivity index (χ4n) is 4.34. The van der Waals surface area contributed by atoms with E-state index in [0.717, 1.165) is 49.7 Å². The SMILES string of the molecule is CCOC(=O)C(=Cc1cc2cc3c4c(c2oc1=O)CCCN4CCC3)C(=O)OCC. The van der Waals surface area contributed by atoms with Crippen molar-refractivity contribution in [3.8, 4) is 0 Å². The van der Waals surface area contributed by atoms with Crippen LogP contribution in [0.2, 0.25) is 0 Å². The summed E-state index contributed by atoms with van der Waals surface area (Å²) in [5, 5.41) is 0.797. The predicted molar refractivity (Wildman–Crippen MR) is 113 cm³/mol. The molecular formula is C23H25NO6. The van der Waals surface area contributed by atoms with Gasteiger partial charge in [-0.2, -0.15) is 0 Å². The quantitative estimate of drug-likeness (QED) is 0.246. The molecule has 30 heavy (non-hydrogen) atoms.